The van der Waals surface area contributed by atoms with E-state index in [1.165, 1.54) is 6.42 Å². The molecule has 20 heavy (non-hydrogen) atoms. The lowest BCUT2D eigenvalue weighted by atomic mass is 10.1. The van der Waals surface area contributed by atoms with Crippen LogP contribution >= 0.6 is 0 Å². The summed E-state index contributed by atoms with van der Waals surface area (Å²) in [6.45, 7) is 11.9. The summed E-state index contributed by atoms with van der Waals surface area (Å²) in [6.07, 6.45) is 2.65. The van der Waals surface area contributed by atoms with Gasteiger partial charge in [0.2, 0.25) is 6.41 Å². The number of anilines is 1. The Morgan fingerprint density at radius 2 is 1.90 bits per heavy atom. The summed E-state index contributed by atoms with van der Waals surface area (Å²) in [5, 5.41) is 15.0. The largest absolute Gasteiger partial charge is 0.506 e. The van der Waals surface area contributed by atoms with Crippen LogP contribution in [0.5, 0.6) is 5.75 Å². The molecule has 0 unspecified atom stereocenters. The average molecular weight is 280 g/mol. The number of aryl methyl sites for hydroxylation is 1. The summed E-state index contributed by atoms with van der Waals surface area (Å²) in [5.41, 5.74) is 1.84. The lowest BCUT2D eigenvalue weighted by molar-refractivity contribution is -0.105. The summed E-state index contributed by atoms with van der Waals surface area (Å²) in [7, 11) is 0. The van der Waals surface area contributed by atoms with Crippen molar-refractivity contribution in [1.82, 2.24) is 5.32 Å². The zero-order valence-electron chi connectivity index (χ0n) is 13.3. The molecule has 0 heterocycles. The van der Waals surface area contributed by atoms with Crippen LogP contribution < -0.4 is 10.6 Å². The summed E-state index contributed by atoms with van der Waals surface area (Å²) in [6, 6.07) is 5.15. The maximum absolute atomic E-state index is 10.1. The number of carbonyl (C=O) groups excluding carboxylic acids is 1. The van der Waals surface area contributed by atoms with Crippen LogP contribution in [0.25, 0.3) is 0 Å². The van der Waals surface area contributed by atoms with Gasteiger partial charge in [-0.25, -0.2) is 0 Å². The quantitative estimate of drug-likeness (QED) is 0.573. The second-order valence-corrected chi connectivity index (χ2v) is 5.64. The fourth-order valence-corrected chi connectivity index (χ4v) is 1.48. The van der Waals surface area contributed by atoms with E-state index >= 15 is 0 Å². The van der Waals surface area contributed by atoms with Gasteiger partial charge in [-0.3, -0.25) is 4.79 Å². The van der Waals surface area contributed by atoms with Gasteiger partial charge in [-0.15, -0.1) is 0 Å². The smallest absolute Gasteiger partial charge is 0.211 e. The van der Waals surface area contributed by atoms with Crippen LogP contribution in [0, 0.1) is 0 Å². The number of nitrogens with one attached hydrogen (secondary N) is 2. The Balaban J connectivity index is 0.000000396. The molecule has 0 spiro atoms. The molecule has 1 rings (SSSR count). The zero-order chi connectivity index (χ0) is 15.6. The van der Waals surface area contributed by atoms with E-state index in [0.29, 0.717) is 17.6 Å². The van der Waals surface area contributed by atoms with Crippen molar-refractivity contribution in [3.63, 3.8) is 0 Å². The molecule has 0 aliphatic rings. The van der Waals surface area contributed by atoms with Crippen LogP contribution in [0.1, 0.15) is 46.6 Å². The summed E-state index contributed by atoms with van der Waals surface area (Å²) < 4.78 is 0. The maximum atomic E-state index is 10.1. The van der Waals surface area contributed by atoms with E-state index < -0.39 is 0 Å². The highest BCUT2D eigenvalue weighted by Gasteiger charge is 2.05. The van der Waals surface area contributed by atoms with Crippen LogP contribution in [0.4, 0.5) is 5.69 Å². The lowest BCUT2D eigenvalue weighted by Crippen LogP contribution is -2.36. The summed E-state index contributed by atoms with van der Waals surface area (Å²) in [5.74, 6) is 0.0966. The first-order chi connectivity index (χ1) is 9.34. The van der Waals surface area contributed by atoms with Crippen molar-refractivity contribution in [3.8, 4) is 5.75 Å². The molecule has 0 radical (unpaired) electrons. The molecule has 4 heteroatoms. The summed E-state index contributed by atoms with van der Waals surface area (Å²) in [4.78, 5) is 10.1. The molecule has 1 aromatic carbocycles. The predicted molar refractivity (Wildman–Crippen MR) is 85.2 cm³/mol. The molecule has 0 atom stereocenters. The monoisotopic (exact) mass is 280 g/mol. The molecule has 0 fully saturated rings. The van der Waals surface area contributed by atoms with Gasteiger partial charge in [-0.05, 0) is 57.9 Å². The highest BCUT2D eigenvalue weighted by molar-refractivity contribution is 5.75. The second kappa shape index (κ2) is 9.37. The topological polar surface area (TPSA) is 61.4 Å². The Bertz CT molecular complexity index is 398. The Morgan fingerprint density at radius 3 is 2.30 bits per heavy atom. The first kappa shape index (κ1) is 18.4. The van der Waals surface area contributed by atoms with Gasteiger partial charge in [0.1, 0.15) is 5.75 Å². The number of phenolic OH excluding ortho intramolecular Hbond substituents is 1. The third-order valence-corrected chi connectivity index (χ3v) is 2.59. The minimum absolute atomic E-state index is 0.0966. The molecule has 114 valence electrons. The summed E-state index contributed by atoms with van der Waals surface area (Å²) >= 11 is 0. The molecular weight excluding hydrogens is 252 g/mol. The van der Waals surface area contributed by atoms with Crippen molar-refractivity contribution in [2.45, 2.75) is 53.0 Å². The Hall–Kier alpha value is -1.55. The molecule has 3 N–H and O–H groups in total. The standard InChI is InChI=1S/C9H11NO2.C7H17N/c1-2-7-3-4-9(12)8(5-7)10-6-11;1-5-6-8-7(2,3)4/h3-6,12H,2H2,1H3,(H,10,11);8H,5-6H2,1-4H3. The molecule has 0 aliphatic carbocycles. The van der Waals surface area contributed by atoms with Gasteiger partial charge in [0.05, 0.1) is 5.69 Å². The highest BCUT2D eigenvalue weighted by Crippen LogP contribution is 2.23. The fourth-order valence-electron chi connectivity index (χ4n) is 1.48. The molecule has 0 bridgehead atoms. The van der Waals surface area contributed by atoms with Gasteiger partial charge >= 0.3 is 0 Å². The average Bonchev–Trinajstić information content (AvgIpc) is 2.39. The van der Waals surface area contributed by atoms with Crippen molar-refractivity contribution in [3.05, 3.63) is 23.8 Å². The van der Waals surface area contributed by atoms with E-state index in [2.05, 4.69) is 38.3 Å². The molecule has 0 aliphatic heterocycles. The van der Waals surface area contributed by atoms with E-state index in [1.54, 1.807) is 12.1 Å². The van der Waals surface area contributed by atoms with Crippen molar-refractivity contribution in [2.75, 3.05) is 11.9 Å². The van der Waals surface area contributed by atoms with Crippen molar-refractivity contribution in [1.29, 1.82) is 0 Å². The molecule has 1 aromatic rings. The SMILES string of the molecule is CCCNC(C)(C)C.CCc1ccc(O)c(NC=O)c1. The van der Waals surface area contributed by atoms with Crippen LogP contribution in [-0.2, 0) is 11.2 Å². The molecule has 0 saturated heterocycles. The molecule has 0 saturated carbocycles. The first-order valence-electron chi connectivity index (χ1n) is 7.11. The number of hydrogen-bond donors (Lipinski definition) is 3. The molecule has 0 aromatic heterocycles. The molecule has 1 amide bonds. The predicted octanol–water partition coefficient (Wildman–Crippen LogP) is 3.31. The van der Waals surface area contributed by atoms with E-state index in [4.69, 9.17) is 0 Å². The second-order valence-electron chi connectivity index (χ2n) is 5.64. The highest BCUT2D eigenvalue weighted by atomic mass is 16.3. The van der Waals surface area contributed by atoms with Gasteiger partial charge in [-0.2, -0.15) is 0 Å². The number of benzene rings is 1. The van der Waals surface area contributed by atoms with Crippen molar-refractivity contribution >= 4 is 12.1 Å². The zero-order valence-corrected chi connectivity index (χ0v) is 13.3. The first-order valence-corrected chi connectivity index (χ1v) is 7.11. The van der Waals surface area contributed by atoms with Crippen LogP contribution in [0.2, 0.25) is 0 Å². The number of phenols is 1. The number of amides is 1. The van der Waals surface area contributed by atoms with Gasteiger partial charge in [0.25, 0.3) is 0 Å². The maximum Gasteiger partial charge on any atom is 0.211 e. The molecular formula is C16H28N2O2. The third-order valence-electron chi connectivity index (χ3n) is 2.59. The molecule has 4 nitrogen and oxygen atoms in total. The van der Waals surface area contributed by atoms with Crippen molar-refractivity contribution < 1.29 is 9.90 Å². The Labute approximate surface area is 122 Å². The minimum Gasteiger partial charge on any atom is -0.506 e. The van der Waals surface area contributed by atoms with Crippen LogP contribution in [0.3, 0.4) is 0 Å². The Morgan fingerprint density at radius 1 is 1.25 bits per heavy atom. The van der Waals surface area contributed by atoms with Crippen LogP contribution in [-0.4, -0.2) is 23.6 Å². The normalized spacial score (nSPS) is 10.4. The fraction of sp³-hybridized carbons (Fsp3) is 0.562. The van der Waals surface area contributed by atoms with E-state index in [-0.39, 0.29) is 5.75 Å². The van der Waals surface area contributed by atoms with E-state index in [9.17, 15) is 9.90 Å². The van der Waals surface area contributed by atoms with Crippen LogP contribution in [0.15, 0.2) is 18.2 Å². The lowest BCUT2D eigenvalue weighted by Gasteiger charge is -2.19. The van der Waals surface area contributed by atoms with Gasteiger partial charge in [-0.1, -0.05) is 19.9 Å². The Kier molecular flexibility index (Phi) is 8.64. The van der Waals surface area contributed by atoms with Gasteiger partial charge in [0, 0.05) is 5.54 Å². The van der Waals surface area contributed by atoms with Gasteiger partial charge < -0.3 is 15.7 Å². The number of carbonyl (C=O) groups is 1. The van der Waals surface area contributed by atoms with E-state index in [1.807, 2.05) is 13.0 Å². The third kappa shape index (κ3) is 8.53. The van der Waals surface area contributed by atoms with Crippen molar-refractivity contribution in [2.24, 2.45) is 0 Å². The van der Waals surface area contributed by atoms with E-state index in [0.717, 1.165) is 18.5 Å². The number of rotatable bonds is 5. The van der Waals surface area contributed by atoms with Gasteiger partial charge in [0.15, 0.2) is 0 Å². The number of aromatic hydroxyl groups is 1. The minimum atomic E-state index is 0.0966. The number of hydrogen-bond acceptors (Lipinski definition) is 3.